The molecule has 1 aliphatic heterocycles. The fourth-order valence-corrected chi connectivity index (χ4v) is 2.23. The summed E-state index contributed by atoms with van der Waals surface area (Å²) in [5.74, 6) is 0.749. The Hall–Kier alpha value is -0.0900. The Bertz CT molecular complexity index is 223. The minimum absolute atomic E-state index is 0.366. The molecule has 2 fully saturated rings. The molecular formula is C11H18BrNO2. The SMILES string of the molecule is O=C(C1CC1)N1CCC(OCCBr)CC1. The summed E-state index contributed by atoms with van der Waals surface area (Å²) in [6, 6.07) is 0. The summed E-state index contributed by atoms with van der Waals surface area (Å²) in [7, 11) is 0. The van der Waals surface area contributed by atoms with Crippen LogP contribution in [0.25, 0.3) is 0 Å². The quantitative estimate of drug-likeness (QED) is 0.733. The molecule has 3 nitrogen and oxygen atoms in total. The van der Waals surface area contributed by atoms with Crippen molar-refractivity contribution in [2.45, 2.75) is 31.8 Å². The molecule has 86 valence electrons. The number of nitrogens with zero attached hydrogens (tertiary/aromatic N) is 1. The van der Waals surface area contributed by atoms with Gasteiger partial charge in [-0.15, -0.1) is 0 Å². The Morgan fingerprint density at radius 3 is 2.47 bits per heavy atom. The molecule has 1 saturated heterocycles. The van der Waals surface area contributed by atoms with Crippen LogP contribution in [-0.2, 0) is 9.53 Å². The van der Waals surface area contributed by atoms with E-state index in [9.17, 15) is 4.79 Å². The lowest BCUT2D eigenvalue weighted by molar-refractivity contribution is -0.135. The van der Waals surface area contributed by atoms with Gasteiger partial charge in [-0.1, -0.05) is 15.9 Å². The Morgan fingerprint density at radius 2 is 1.93 bits per heavy atom. The van der Waals surface area contributed by atoms with Crippen molar-refractivity contribution in [1.29, 1.82) is 0 Å². The third kappa shape index (κ3) is 3.18. The van der Waals surface area contributed by atoms with E-state index in [1.165, 1.54) is 0 Å². The fraction of sp³-hybridized carbons (Fsp3) is 0.909. The van der Waals surface area contributed by atoms with Gasteiger partial charge in [-0.05, 0) is 25.7 Å². The Morgan fingerprint density at radius 1 is 1.27 bits per heavy atom. The predicted octanol–water partition coefficient (Wildman–Crippen LogP) is 1.80. The molecule has 0 unspecified atom stereocenters. The van der Waals surface area contributed by atoms with Crippen molar-refractivity contribution in [2.24, 2.45) is 5.92 Å². The number of carbonyl (C=O) groups is 1. The first-order valence-electron chi connectivity index (χ1n) is 5.77. The molecule has 0 radical (unpaired) electrons. The van der Waals surface area contributed by atoms with Gasteiger partial charge in [0.25, 0.3) is 0 Å². The largest absolute Gasteiger partial charge is 0.377 e. The molecule has 1 aliphatic carbocycles. The van der Waals surface area contributed by atoms with Gasteiger partial charge in [0.05, 0.1) is 12.7 Å². The Labute approximate surface area is 99.3 Å². The van der Waals surface area contributed by atoms with Crippen LogP contribution in [-0.4, -0.2) is 41.9 Å². The van der Waals surface area contributed by atoms with E-state index in [0.717, 1.165) is 50.7 Å². The maximum absolute atomic E-state index is 11.8. The number of likely N-dealkylation sites (tertiary alicyclic amines) is 1. The average Bonchev–Trinajstić information content (AvgIpc) is 3.10. The van der Waals surface area contributed by atoms with Gasteiger partial charge in [0, 0.05) is 24.3 Å². The van der Waals surface area contributed by atoms with Crippen LogP contribution < -0.4 is 0 Å². The van der Waals surface area contributed by atoms with E-state index in [1.807, 2.05) is 4.90 Å². The van der Waals surface area contributed by atoms with Gasteiger partial charge in [0.1, 0.15) is 0 Å². The highest BCUT2D eigenvalue weighted by atomic mass is 79.9. The van der Waals surface area contributed by atoms with Crippen molar-refractivity contribution < 1.29 is 9.53 Å². The van der Waals surface area contributed by atoms with Crippen LogP contribution in [0.3, 0.4) is 0 Å². The molecule has 0 atom stereocenters. The van der Waals surface area contributed by atoms with E-state index >= 15 is 0 Å². The van der Waals surface area contributed by atoms with Crippen molar-refractivity contribution >= 4 is 21.8 Å². The maximum atomic E-state index is 11.8. The van der Waals surface area contributed by atoms with Gasteiger partial charge in [-0.3, -0.25) is 4.79 Å². The number of hydrogen-bond acceptors (Lipinski definition) is 2. The monoisotopic (exact) mass is 275 g/mol. The smallest absolute Gasteiger partial charge is 0.225 e. The van der Waals surface area contributed by atoms with Gasteiger partial charge < -0.3 is 9.64 Å². The standard InChI is InChI=1S/C11H18BrNO2/c12-5-8-15-10-3-6-13(7-4-10)11(14)9-1-2-9/h9-10H,1-8H2. The van der Waals surface area contributed by atoms with Crippen molar-refractivity contribution in [1.82, 2.24) is 4.90 Å². The van der Waals surface area contributed by atoms with Crippen molar-refractivity contribution in [2.75, 3.05) is 25.0 Å². The molecule has 0 spiro atoms. The molecule has 0 aromatic rings. The second-order valence-corrected chi connectivity index (χ2v) is 5.15. The summed E-state index contributed by atoms with van der Waals surface area (Å²) in [5, 5.41) is 0.897. The minimum atomic E-state index is 0.366. The topological polar surface area (TPSA) is 29.5 Å². The van der Waals surface area contributed by atoms with Crippen LogP contribution in [0.15, 0.2) is 0 Å². The highest BCUT2D eigenvalue weighted by molar-refractivity contribution is 9.09. The second-order valence-electron chi connectivity index (χ2n) is 4.36. The third-order valence-electron chi connectivity index (χ3n) is 3.11. The second kappa shape index (κ2) is 5.30. The first-order chi connectivity index (χ1) is 7.31. The zero-order chi connectivity index (χ0) is 10.7. The first-order valence-corrected chi connectivity index (χ1v) is 6.89. The highest BCUT2D eigenvalue weighted by Gasteiger charge is 2.34. The van der Waals surface area contributed by atoms with Crippen LogP contribution in [0.4, 0.5) is 0 Å². The highest BCUT2D eigenvalue weighted by Crippen LogP contribution is 2.32. The first kappa shape index (κ1) is 11.4. The van der Waals surface area contributed by atoms with E-state index < -0.39 is 0 Å². The van der Waals surface area contributed by atoms with Gasteiger partial charge >= 0.3 is 0 Å². The van der Waals surface area contributed by atoms with E-state index in [-0.39, 0.29) is 0 Å². The van der Waals surface area contributed by atoms with Crippen LogP contribution in [0.5, 0.6) is 0 Å². The molecule has 15 heavy (non-hydrogen) atoms. The molecular weight excluding hydrogens is 258 g/mol. The summed E-state index contributed by atoms with van der Waals surface area (Å²) in [4.78, 5) is 13.8. The van der Waals surface area contributed by atoms with E-state index in [4.69, 9.17) is 4.74 Å². The number of rotatable bonds is 4. The molecule has 2 rings (SSSR count). The molecule has 0 N–H and O–H groups in total. The lowest BCUT2D eigenvalue weighted by atomic mass is 10.1. The normalized spacial score (nSPS) is 23.1. The third-order valence-corrected chi connectivity index (χ3v) is 3.43. The van der Waals surface area contributed by atoms with Gasteiger partial charge in [-0.25, -0.2) is 0 Å². The van der Waals surface area contributed by atoms with Crippen molar-refractivity contribution in [3.05, 3.63) is 0 Å². The Kier molecular flexibility index (Phi) is 4.03. The van der Waals surface area contributed by atoms with Crippen molar-refractivity contribution in [3.63, 3.8) is 0 Å². The fourth-order valence-electron chi connectivity index (χ4n) is 2.04. The van der Waals surface area contributed by atoms with Gasteiger partial charge in [0.2, 0.25) is 5.91 Å². The number of piperidine rings is 1. The minimum Gasteiger partial charge on any atom is -0.377 e. The molecule has 0 aromatic heterocycles. The van der Waals surface area contributed by atoms with Crippen LogP contribution in [0.2, 0.25) is 0 Å². The summed E-state index contributed by atoms with van der Waals surface area (Å²) in [6.45, 7) is 2.56. The van der Waals surface area contributed by atoms with Crippen LogP contribution >= 0.6 is 15.9 Å². The molecule has 0 bridgehead atoms. The summed E-state index contributed by atoms with van der Waals surface area (Å²) >= 11 is 3.35. The molecule has 2 aliphatic rings. The van der Waals surface area contributed by atoms with Crippen LogP contribution in [0, 0.1) is 5.92 Å². The van der Waals surface area contributed by atoms with Crippen molar-refractivity contribution in [3.8, 4) is 0 Å². The summed E-state index contributed by atoms with van der Waals surface area (Å²) < 4.78 is 5.65. The predicted molar refractivity (Wildman–Crippen MR) is 62.1 cm³/mol. The number of ether oxygens (including phenoxy) is 1. The zero-order valence-corrected chi connectivity index (χ0v) is 10.5. The van der Waals surface area contributed by atoms with Gasteiger partial charge in [-0.2, -0.15) is 0 Å². The lowest BCUT2D eigenvalue weighted by Gasteiger charge is -2.32. The molecule has 1 saturated carbocycles. The number of halogens is 1. The molecule has 1 heterocycles. The Balaban J connectivity index is 1.69. The van der Waals surface area contributed by atoms with E-state index in [2.05, 4.69) is 15.9 Å². The number of alkyl halides is 1. The van der Waals surface area contributed by atoms with E-state index in [0.29, 0.717) is 17.9 Å². The number of amides is 1. The number of hydrogen-bond donors (Lipinski definition) is 0. The summed E-state index contributed by atoms with van der Waals surface area (Å²) in [5.41, 5.74) is 0. The summed E-state index contributed by atoms with van der Waals surface area (Å²) in [6.07, 6.45) is 4.60. The van der Waals surface area contributed by atoms with E-state index in [1.54, 1.807) is 0 Å². The zero-order valence-electron chi connectivity index (χ0n) is 8.95. The number of carbonyl (C=O) groups excluding carboxylic acids is 1. The average molecular weight is 276 g/mol. The lowest BCUT2D eigenvalue weighted by Crippen LogP contribution is -2.41. The molecule has 1 amide bonds. The molecule has 4 heteroatoms. The maximum Gasteiger partial charge on any atom is 0.225 e. The van der Waals surface area contributed by atoms with Crippen LogP contribution in [0.1, 0.15) is 25.7 Å². The molecule has 0 aromatic carbocycles. The van der Waals surface area contributed by atoms with Gasteiger partial charge in [0.15, 0.2) is 0 Å².